The molecular formula is C11H8Cl2N2O. The van der Waals surface area contributed by atoms with Gasteiger partial charge in [0.25, 0.3) is 0 Å². The van der Waals surface area contributed by atoms with Gasteiger partial charge in [-0.25, -0.2) is 4.68 Å². The Kier molecular flexibility index (Phi) is 2.99. The smallest absolute Gasteiger partial charge is 0.152 e. The average Bonchev–Trinajstić information content (AvgIpc) is 2.59. The summed E-state index contributed by atoms with van der Waals surface area (Å²) in [4.78, 5) is 10.9. The van der Waals surface area contributed by atoms with E-state index in [2.05, 4.69) is 5.10 Å². The Bertz CT molecular complexity index is 529. The number of rotatable bonds is 2. The first-order chi connectivity index (χ1) is 7.61. The summed E-state index contributed by atoms with van der Waals surface area (Å²) < 4.78 is 1.57. The predicted octanol–water partition coefficient (Wildman–Crippen LogP) is 3.30. The maximum Gasteiger partial charge on any atom is 0.152 e. The number of hydrogen-bond acceptors (Lipinski definition) is 2. The molecule has 2 aromatic rings. The van der Waals surface area contributed by atoms with Gasteiger partial charge < -0.3 is 0 Å². The van der Waals surface area contributed by atoms with Gasteiger partial charge in [0, 0.05) is 16.8 Å². The third-order valence-corrected chi connectivity index (χ3v) is 2.81. The quantitative estimate of drug-likeness (QED) is 0.771. The summed E-state index contributed by atoms with van der Waals surface area (Å²) in [6.07, 6.45) is 2.40. The molecule has 0 aliphatic heterocycles. The molecule has 0 atom stereocenters. The Labute approximate surface area is 103 Å². The molecule has 2 rings (SSSR count). The van der Waals surface area contributed by atoms with Crippen molar-refractivity contribution in [2.24, 2.45) is 0 Å². The van der Waals surface area contributed by atoms with Gasteiger partial charge in [0.05, 0.1) is 16.4 Å². The first-order valence-electron chi connectivity index (χ1n) is 4.58. The molecule has 82 valence electrons. The molecule has 0 unspecified atom stereocenters. The molecule has 3 nitrogen and oxygen atoms in total. The molecule has 0 aliphatic rings. The molecule has 1 aromatic heterocycles. The van der Waals surface area contributed by atoms with Gasteiger partial charge >= 0.3 is 0 Å². The highest BCUT2D eigenvalue weighted by Crippen LogP contribution is 2.21. The van der Waals surface area contributed by atoms with Crippen LogP contribution in [0.1, 0.15) is 16.1 Å². The van der Waals surface area contributed by atoms with Crippen molar-refractivity contribution in [1.29, 1.82) is 0 Å². The summed E-state index contributed by atoms with van der Waals surface area (Å²) in [5.74, 6) is 0. The highest BCUT2D eigenvalue weighted by atomic mass is 35.5. The lowest BCUT2D eigenvalue weighted by Gasteiger charge is -2.04. The van der Waals surface area contributed by atoms with Gasteiger partial charge in [-0.05, 0) is 25.1 Å². The molecule has 5 heteroatoms. The normalized spacial score (nSPS) is 10.4. The number of benzene rings is 1. The van der Waals surface area contributed by atoms with Crippen LogP contribution in [0, 0.1) is 6.92 Å². The molecule has 0 saturated heterocycles. The standard InChI is InChI=1S/C11H8Cl2N2O/c1-7-10(13)5-15(14-7)11-3-2-9(12)4-8(11)6-16/h2-6H,1H3. The third kappa shape index (κ3) is 1.96. The van der Waals surface area contributed by atoms with Crippen molar-refractivity contribution >= 4 is 29.5 Å². The SMILES string of the molecule is Cc1nn(-c2ccc(Cl)cc2C=O)cc1Cl. The van der Waals surface area contributed by atoms with E-state index in [1.165, 1.54) is 0 Å². The van der Waals surface area contributed by atoms with Crippen molar-refractivity contribution in [1.82, 2.24) is 9.78 Å². The zero-order chi connectivity index (χ0) is 11.7. The summed E-state index contributed by atoms with van der Waals surface area (Å²) >= 11 is 11.7. The fourth-order valence-corrected chi connectivity index (χ4v) is 1.70. The molecule has 0 bridgehead atoms. The van der Waals surface area contributed by atoms with Crippen LogP contribution in [0.5, 0.6) is 0 Å². The summed E-state index contributed by atoms with van der Waals surface area (Å²) in [6.45, 7) is 1.80. The minimum absolute atomic E-state index is 0.478. The third-order valence-electron chi connectivity index (χ3n) is 2.20. The van der Waals surface area contributed by atoms with Crippen molar-refractivity contribution in [2.75, 3.05) is 0 Å². The average molecular weight is 255 g/mol. The lowest BCUT2D eigenvalue weighted by Crippen LogP contribution is -1.99. The van der Waals surface area contributed by atoms with E-state index in [9.17, 15) is 4.79 Å². The first kappa shape index (κ1) is 11.2. The molecule has 0 saturated carbocycles. The molecule has 1 heterocycles. The maximum absolute atomic E-state index is 10.9. The van der Waals surface area contributed by atoms with Crippen LogP contribution in [0.25, 0.3) is 5.69 Å². The van der Waals surface area contributed by atoms with E-state index >= 15 is 0 Å². The van der Waals surface area contributed by atoms with Crippen LogP contribution in [0.2, 0.25) is 10.0 Å². The molecule has 0 N–H and O–H groups in total. The van der Waals surface area contributed by atoms with Crippen molar-refractivity contribution in [3.63, 3.8) is 0 Å². The zero-order valence-corrected chi connectivity index (χ0v) is 9.96. The highest BCUT2D eigenvalue weighted by Gasteiger charge is 2.08. The first-order valence-corrected chi connectivity index (χ1v) is 5.34. The summed E-state index contributed by atoms with van der Waals surface area (Å²) in [6, 6.07) is 5.03. The summed E-state index contributed by atoms with van der Waals surface area (Å²) in [5, 5.41) is 5.28. The lowest BCUT2D eigenvalue weighted by molar-refractivity contribution is 0.112. The van der Waals surface area contributed by atoms with Crippen LogP contribution in [0.3, 0.4) is 0 Å². The zero-order valence-electron chi connectivity index (χ0n) is 8.45. The largest absolute Gasteiger partial charge is 0.298 e. The van der Waals surface area contributed by atoms with Gasteiger partial charge in [-0.1, -0.05) is 23.2 Å². The van der Waals surface area contributed by atoms with Crippen LogP contribution >= 0.6 is 23.2 Å². The van der Waals surface area contributed by atoms with Gasteiger partial charge in [0.2, 0.25) is 0 Å². The number of aromatic nitrogens is 2. The number of carbonyl (C=O) groups is 1. The van der Waals surface area contributed by atoms with Crippen LogP contribution in [-0.2, 0) is 0 Å². The van der Waals surface area contributed by atoms with Crippen LogP contribution in [0.4, 0.5) is 0 Å². The van der Waals surface area contributed by atoms with Gasteiger partial charge in [-0.15, -0.1) is 0 Å². The molecule has 0 amide bonds. The van der Waals surface area contributed by atoms with E-state index in [1.54, 1.807) is 36.0 Å². The van der Waals surface area contributed by atoms with Crippen molar-refractivity contribution < 1.29 is 4.79 Å². The van der Waals surface area contributed by atoms with Crippen molar-refractivity contribution in [3.8, 4) is 5.69 Å². The Hall–Kier alpha value is -1.32. The predicted molar refractivity (Wildman–Crippen MR) is 63.7 cm³/mol. The molecule has 0 spiro atoms. The fourth-order valence-electron chi connectivity index (χ4n) is 1.39. The monoisotopic (exact) mass is 254 g/mol. The summed E-state index contributed by atoms with van der Waals surface area (Å²) in [5.41, 5.74) is 1.86. The lowest BCUT2D eigenvalue weighted by atomic mass is 10.2. The summed E-state index contributed by atoms with van der Waals surface area (Å²) in [7, 11) is 0. The Balaban J connectivity index is 2.59. The number of carbonyl (C=O) groups excluding carboxylic acids is 1. The number of aryl methyl sites for hydroxylation is 1. The van der Waals surface area contributed by atoms with Crippen molar-refractivity contribution in [3.05, 3.63) is 45.7 Å². The van der Waals surface area contributed by atoms with E-state index in [4.69, 9.17) is 23.2 Å². The second kappa shape index (κ2) is 4.28. The van der Waals surface area contributed by atoms with Gasteiger partial charge in [0.1, 0.15) is 0 Å². The number of nitrogens with zero attached hydrogens (tertiary/aromatic N) is 2. The molecular weight excluding hydrogens is 247 g/mol. The Morgan fingerprint density at radius 3 is 2.69 bits per heavy atom. The molecule has 0 aliphatic carbocycles. The fraction of sp³-hybridized carbons (Fsp3) is 0.0909. The molecule has 0 fully saturated rings. The highest BCUT2D eigenvalue weighted by molar-refractivity contribution is 6.31. The minimum atomic E-state index is 0.478. The van der Waals surface area contributed by atoms with Gasteiger partial charge in [-0.2, -0.15) is 5.10 Å². The Morgan fingerprint density at radius 2 is 2.12 bits per heavy atom. The van der Waals surface area contributed by atoms with Crippen LogP contribution < -0.4 is 0 Å². The van der Waals surface area contributed by atoms with Crippen molar-refractivity contribution in [2.45, 2.75) is 6.92 Å². The van der Waals surface area contributed by atoms with Crippen LogP contribution in [-0.4, -0.2) is 16.1 Å². The Morgan fingerprint density at radius 1 is 1.38 bits per heavy atom. The number of halogens is 2. The van der Waals surface area contributed by atoms with E-state index in [1.807, 2.05) is 0 Å². The number of hydrogen-bond donors (Lipinski definition) is 0. The van der Waals surface area contributed by atoms with E-state index in [-0.39, 0.29) is 0 Å². The van der Waals surface area contributed by atoms with E-state index < -0.39 is 0 Å². The maximum atomic E-state index is 10.9. The van der Waals surface area contributed by atoms with E-state index in [0.717, 1.165) is 6.29 Å². The van der Waals surface area contributed by atoms with Gasteiger partial charge in [0.15, 0.2) is 6.29 Å². The topological polar surface area (TPSA) is 34.9 Å². The second-order valence-electron chi connectivity index (χ2n) is 3.33. The molecule has 16 heavy (non-hydrogen) atoms. The minimum Gasteiger partial charge on any atom is -0.298 e. The molecule has 0 radical (unpaired) electrons. The van der Waals surface area contributed by atoms with Crippen LogP contribution in [0.15, 0.2) is 24.4 Å². The van der Waals surface area contributed by atoms with E-state index in [0.29, 0.717) is 27.0 Å². The molecule has 1 aromatic carbocycles. The second-order valence-corrected chi connectivity index (χ2v) is 4.17. The number of aldehydes is 1. The van der Waals surface area contributed by atoms with Gasteiger partial charge in [-0.3, -0.25) is 4.79 Å².